The molecule has 0 unspecified atom stereocenters. The Labute approximate surface area is 164 Å². The zero-order valence-corrected chi connectivity index (χ0v) is 15.4. The molecule has 2 heterocycles. The van der Waals surface area contributed by atoms with Crippen molar-refractivity contribution < 1.29 is 9.53 Å². The fourth-order valence-electron chi connectivity index (χ4n) is 2.81. The number of nitrogens with one attached hydrogen (secondary N) is 1. The Morgan fingerprint density at radius 1 is 1.00 bits per heavy atom. The van der Waals surface area contributed by atoms with Gasteiger partial charge in [-0.3, -0.25) is 4.79 Å². The second kappa shape index (κ2) is 6.95. The van der Waals surface area contributed by atoms with Crippen molar-refractivity contribution in [2.24, 2.45) is 0 Å². The second-order valence-electron chi connectivity index (χ2n) is 5.81. The number of anilines is 1. The summed E-state index contributed by atoms with van der Waals surface area (Å²) in [6, 6.07) is 14.0. The molecule has 0 aliphatic carbocycles. The molecule has 0 atom stereocenters. The van der Waals surface area contributed by atoms with Crippen molar-refractivity contribution in [1.29, 1.82) is 0 Å². The third kappa shape index (κ3) is 3.12. The molecule has 0 bridgehead atoms. The number of benzene rings is 2. The van der Waals surface area contributed by atoms with Gasteiger partial charge < -0.3 is 15.5 Å². The molecule has 0 amide bonds. The fourth-order valence-corrected chi connectivity index (χ4v) is 3.25. The number of ketones is 1. The first kappa shape index (κ1) is 17.4. The lowest BCUT2D eigenvalue weighted by Gasteiger charge is -2.11. The minimum absolute atomic E-state index is 0.118. The van der Waals surface area contributed by atoms with Crippen LogP contribution < -0.4 is 10.5 Å². The van der Waals surface area contributed by atoms with E-state index in [4.69, 9.17) is 33.7 Å². The van der Waals surface area contributed by atoms with E-state index in [0.29, 0.717) is 33.8 Å². The SMILES string of the molecule is Nc1ccnc2[nH]cc(C(=O)c3ccc(Oc4ccccc4)c(Cl)c3Cl)c12. The van der Waals surface area contributed by atoms with Crippen LogP contribution in [0.2, 0.25) is 10.0 Å². The number of halogens is 2. The van der Waals surface area contributed by atoms with Crippen LogP contribution in [0.3, 0.4) is 0 Å². The number of H-pyrrole nitrogens is 1. The lowest BCUT2D eigenvalue weighted by molar-refractivity contribution is 0.104. The number of ether oxygens (including phenoxy) is 1. The molecule has 0 saturated carbocycles. The van der Waals surface area contributed by atoms with E-state index in [1.807, 2.05) is 18.2 Å². The van der Waals surface area contributed by atoms with Crippen molar-refractivity contribution in [3.63, 3.8) is 0 Å². The highest BCUT2D eigenvalue weighted by Gasteiger charge is 2.22. The first-order valence-corrected chi connectivity index (χ1v) is 8.79. The van der Waals surface area contributed by atoms with Crippen molar-refractivity contribution in [2.75, 3.05) is 5.73 Å². The zero-order valence-electron chi connectivity index (χ0n) is 13.9. The molecule has 7 heteroatoms. The lowest BCUT2D eigenvalue weighted by atomic mass is 10.0. The summed E-state index contributed by atoms with van der Waals surface area (Å²) in [7, 11) is 0. The third-order valence-electron chi connectivity index (χ3n) is 4.11. The highest BCUT2D eigenvalue weighted by atomic mass is 35.5. The Balaban J connectivity index is 1.74. The maximum Gasteiger partial charge on any atom is 0.196 e. The number of aromatic nitrogens is 2. The molecule has 0 aliphatic rings. The molecule has 27 heavy (non-hydrogen) atoms. The third-order valence-corrected chi connectivity index (χ3v) is 4.98. The normalized spacial score (nSPS) is 10.9. The van der Waals surface area contributed by atoms with E-state index in [9.17, 15) is 4.79 Å². The number of hydrogen-bond donors (Lipinski definition) is 2. The van der Waals surface area contributed by atoms with E-state index >= 15 is 0 Å². The molecular formula is C20H13Cl2N3O2. The van der Waals surface area contributed by atoms with E-state index < -0.39 is 0 Å². The second-order valence-corrected chi connectivity index (χ2v) is 6.57. The summed E-state index contributed by atoms with van der Waals surface area (Å²) in [6.45, 7) is 0. The molecule has 0 fully saturated rings. The smallest absolute Gasteiger partial charge is 0.196 e. The maximum absolute atomic E-state index is 13.0. The van der Waals surface area contributed by atoms with Gasteiger partial charge in [-0.1, -0.05) is 41.4 Å². The standard InChI is InChI=1S/C20H13Cl2N3O2/c21-17-12(6-7-15(18(17)22)27-11-4-2-1-3-5-11)19(26)13-10-25-20-16(13)14(23)8-9-24-20/h1-10H,(H3,23,24,25). The van der Waals surface area contributed by atoms with Gasteiger partial charge in [0.05, 0.1) is 16.0 Å². The molecule has 3 N–H and O–H groups in total. The van der Waals surface area contributed by atoms with Crippen LogP contribution in [0.15, 0.2) is 60.9 Å². The number of carbonyl (C=O) groups is 1. The van der Waals surface area contributed by atoms with Crippen molar-refractivity contribution in [2.45, 2.75) is 0 Å². The molecule has 2 aromatic carbocycles. The monoisotopic (exact) mass is 397 g/mol. The first-order valence-electron chi connectivity index (χ1n) is 8.03. The number of nitrogens with zero attached hydrogens (tertiary/aromatic N) is 1. The summed E-state index contributed by atoms with van der Waals surface area (Å²) in [5, 5.41) is 0.837. The quantitative estimate of drug-likeness (QED) is 0.447. The minimum atomic E-state index is -0.306. The average Bonchev–Trinajstić information content (AvgIpc) is 3.12. The van der Waals surface area contributed by atoms with Gasteiger partial charge >= 0.3 is 0 Å². The zero-order chi connectivity index (χ0) is 19.0. The van der Waals surface area contributed by atoms with E-state index in [2.05, 4.69) is 9.97 Å². The van der Waals surface area contributed by atoms with Gasteiger partial charge in [0.15, 0.2) is 5.78 Å². The van der Waals surface area contributed by atoms with Gasteiger partial charge in [-0.2, -0.15) is 0 Å². The molecule has 2 aromatic heterocycles. The van der Waals surface area contributed by atoms with Gasteiger partial charge in [-0.25, -0.2) is 4.98 Å². The molecular weight excluding hydrogens is 385 g/mol. The highest BCUT2D eigenvalue weighted by molar-refractivity contribution is 6.45. The molecule has 0 radical (unpaired) electrons. The predicted molar refractivity (Wildman–Crippen MR) is 107 cm³/mol. The number of aromatic amines is 1. The number of nitrogens with two attached hydrogens (primary N) is 1. The summed E-state index contributed by atoms with van der Waals surface area (Å²) < 4.78 is 5.74. The number of pyridine rings is 1. The van der Waals surface area contributed by atoms with Crippen molar-refractivity contribution >= 4 is 45.7 Å². The lowest BCUT2D eigenvalue weighted by Crippen LogP contribution is -2.03. The van der Waals surface area contributed by atoms with Gasteiger partial charge in [-0.15, -0.1) is 0 Å². The fraction of sp³-hybridized carbons (Fsp3) is 0. The first-order chi connectivity index (χ1) is 13.1. The summed E-state index contributed by atoms with van der Waals surface area (Å²) >= 11 is 12.7. The van der Waals surface area contributed by atoms with E-state index in [1.165, 1.54) is 0 Å². The number of hydrogen-bond acceptors (Lipinski definition) is 4. The number of carbonyl (C=O) groups excluding carboxylic acids is 1. The van der Waals surface area contributed by atoms with Crippen molar-refractivity contribution in [1.82, 2.24) is 9.97 Å². The Hall–Kier alpha value is -3.02. The Kier molecular flexibility index (Phi) is 4.48. The number of nitrogen functional groups attached to an aromatic ring is 1. The molecule has 0 aliphatic heterocycles. The van der Waals surface area contributed by atoms with Gasteiger partial charge in [-0.05, 0) is 30.3 Å². The minimum Gasteiger partial charge on any atom is -0.456 e. The van der Waals surface area contributed by atoms with Crippen molar-refractivity contribution in [3.05, 3.63) is 82.1 Å². The Morgan fingerprint density at radius 3 is 2.56 bits per heavy atom. The van der Waals surface area contributed by atoms with Crippen LogP contribution >= 0.6 is 23.2 Å². The summed E-state index contributed by atoms with van der Waals surface area (Å²) in [5.41, 5.74) is 7.63. The van der Waals surface area contributed by atoms with E-state index in [0.717, 1.165) is 0 Å². The van der Waals surface area contributed by atoms with Gasteiger partial charge in [0, 0.05) is 23.6 Å². The van der Waals surface area contributed by atoms with E-state index in [-0.39, 0.29) is 21.4 Å². The number of para-hydroxylation sites is 1. The summed E-state index contributed by atoms with van der Waals surface area (Å²) in [4.78, 5) is 20.1. The largest absolute Gasteiger partial charge is 0.456 e. The Morgan fingerprint density at radius 2 is 1.78 bits per heavy atom. The molecule has 5 nitrogen and oxygen atoms in total. The number of rotatable bonds is 4. The van der Waals surface area contributed by atoms with Gasteiger partial charge in [0.2, 0.25) is 0 Å². The van der Waals surface area contributed by atoms with Crippen molar-refractivity contribution in [3.8, 4) is 11.5 Å². The van der Waals surface area contributed by atoms with Gasteiger partial charge in [0.25, 0.3) is 0 Å². The number of fused-ring (bicyclic) bond motifs is 1. The molecule has 0 saturated heterocycles. The maximum atomic E-state index is 13.0. The summed E-state index contributed by atoms with van der Waals surface area (Å²) in [5.74, 6) is 0.675. The van der Waals surface area contributed by atoms with Crippen LogP contribution in [0.1, 0.15) is 15.9 Å². The van der Waals surface area contributed by atoms with Gasteiger partial charge in [0.1, 0.15) is 22.2 Å². The topological polar surface area (TPSA) is 81.0 Å². The molecule has 4 aromatic rings. The van der Waals surface area contributed by atoms with Crippen LogP contribution in [0, 0.1) is 0 Å². The molecule has 4 rings (SSSR count). The molecule has 134 valence electrons. The summed E-state index contributed by atoms with van der Waals surface area (Å²) in [6.07, 6.45) is 3.14. The van der Waals surface area contributed by atoms with Crippen LogP contribution in [-0.2, 0) is 0 Å². The van der Waals surface area contributed by atoms with E-state index in [1.54, 1.807) is 42.7 Å². The highest BCUT2D eigenvalue weighted by Crippen LogP contribution is 2.38. The average molecular weight is 398 g/mol. The van der Waals surface area contributed by atoms with Crippen LogP contribution in [0.25, 0.3) is 11.0 Å². The van der Waals surface area contributed by atoms with Crippen LogP contribution in [-0.4, -0.2) is 15.8 Å². The molecule has 0 spiro atoms. The Bertz CT molecular complexity index is 1160. The predicted octanol–water partition coefficient (Wildman–Crippen LogP) is 5.48. The van der Waals surface area contributed by atoms with Crippen LogP contribution in [0.5, 0.6) is 11.5 Å². The van der Waals surface area contributed by atoms with Crippen LogP contribution in [0.4, 0.5) is 5.69 Å².